The van der Waals surface area contributed by atoms with Gasteiger partial charge < -0.3 is 20.7 Å². The number of fused-ring (bicyclic) bond motifs is 1. The van der Waals surface area contributed by atoms with E-state index in [9.17, 15) is 35.9 Å². The maximum Gasteiger partial charge on any atom is 0.416 e. The number of benzene rings is 1. The molecule has 1 saturated heterocycles. The number of likely N-dealkylation sites (tertiary alicyclic amines) is 1. The van der Waals surface area contributed by atoms with Crippen LogP contribution in [-0.4, -0.2) is 61.4 Å². The Labute approximate surface area is 263 Å². The first-order chi connectivity index (χ1) is 22.3. The van der Waals surface area contributed by atoms with Crippen LogP contribution in [0.1, 0.15) is 60.3 Å². The molecule has 47 heavy (non-hydrogen) atoms. The highest BCUT2D eigenvalue weighted by molar-refractivity contribution is 6.04. The molecule has 2 aliphatic rings. The fourth-order valence-corrected chi connectivity index (χ4v) is 5.89. The van der Waals surface area contributed by atoms with Gasteiger partial charge in [0.2, 0.25) is 5.91 Å². The second-order valence-electron chi connectivity index (χ2n) is 11.5. The van der Waals surface area contributed by atoms with Crippen LogP contribution in [0.25, 0.3) is 16.8 Å². The summed E-state index contributed by atoms with van der Waals surface area (Å²) < 4.78 is 88.8. The number of ether oxygens (including phenoxy) is 1. The van der Waals surface area contributed by atoms with E-state index in [-0.39, 0.29) is 48.9 Å². The van der Waals surface area contributed by atoms with Crippen LogP contribution in [0.5, 0.6) is 5.75 Å². The molecule has 3 N–H and O–H groups in total. The van der Waals surface area contributed by atoms with Gasteiger partial charge in [-0.2, -0.15) is 26.3 Å². The number of amides is 2. The standard InChI is InChI=1S/C31H29F6N7O3/c1-2-47-21-13-17(28(45)41-23-14-19(9-10-39-23)30(32,33)34)5-7-20(21)24-25-26(38)40-11-12-43(25)27(42-24)18-6-8-22(31(35,36)37)44(15-18)29(46)16-3-4-16/h5,7,9-14,16,18,22H,2-4,6,8,15H2,1H3,(H2,38,40)(H,39,41,45)/t18-,22-/m1/s1. The molecule has 0 radical (unpaired) electrons. The Hall–Kier alpha value is -4.89. The lowest BCUT2D eigenvalue weighted by Gasteiger charge is -2.40. The van der Waals surface area contributed by atoms with E-state index in [2.05, 4.69) is 15.3 Å². The van der Waals surface area contributed by atoms with Crippen molar-refractivity contribution in [3.8, 4) is 17.0 Å². The van der Waals surface area contributed by atoms with Crippen LogP contribution in [0.2, 0.25) is 0 Å². The van der Waals surface area contributed by atoms with Crippen molar-refractivity contribution in [3.05, 3.63) is 65.9 Å². The number of hydrogen-bond donors (Lipinski definition) is 2. The molecule has 2 amide bonds. The monoisotopic (exact) mass is 661 g/mol. The number of carbonyl (C=O) groups excluding carboxylic acids is 2. The molecule has 0 spiro atoms. The maximum absolute atomic E-state index is 14.0. The smallest absolute Gasteiger partial charge is 0.416 e. The van der Waals surface area contributed by atoms with Crippen LogP contribution in [0.15, 0.2) is 48.9 Å². The van der Waals surface area contributed by atoms with Gasteiger partial charge >= 0.3 is 12.4 Å². The number of imidazole rings is 1. The molecular formula is C31H29F6N7O3. The largest absolute Gasteiger partial charge is 0.493 e. The van der Waals surface area contributed by atoms with Crippen LogP contribution >= 0.6 is 0 Å². The van der Waals surface area contributed by atoms with Crippen molar-refractivity contribution in [1.29, 1.82) is 0 Å². The summed E-state index contributed by atoms with van der Waals surface area (Å²) in [5.41, 5.74) is 6.39. The Morgan fingerprint density at radius 1 is 1.02 bits per heavy atom. The van der Waals surface area contributed by atoms with Crippen molar-refractivity contribution < 1.29 is 40.7 Å². The zero-order chi connectivity index (χ0) is 33.7. The molecule has 0 unspecified atom stereocenters. The van der Waals surface area contributed by atoms with E-state index in [1.54, 1.807) is 17.5 Å². The molecular weight excluding hydrogens is 632 g/mol. The lowest BCUT2D eigenvalue weighted by molar-refractivity contribution is -0.197. The fraction of sp³-hybridized carbons (Fsp3) is 0.387. The average Bonchev–Trinajstić information content (AvgIpc) is 3.80. The highest BCUT2D eigenvalue weighted by atomic mass is 19.4. The zero-order valence-electron chi connectivity index (χ0n) is 24.9. The van der Waals surface area contributed by atoms with Crippen LogP contribution in [0.3, 0.4) is 0 Å². The molecule has 3 aromatic heterocycles. The first kappa shape index (κ1) is 32.1. The van der Waals surface area contributed by atoms with E-state index < -0.39 is 47.6 Å². The number of anilines is 2. The lowest BCUT2D eigenvalue weighted by atomic mass is 9.91. The Morgan fingerprint density at radius 2 is 1.79 bits per heavy atom. The summed E-state index contributed by atoms with van der Waals surface area (Å²) in [6, 6.07) is 3.96. The summed E-state index contributed by atoms with van der Waals surface area (Å²) in [5.74, 6) is -1.85. The quantitative estimate of drug-likeness (QED) is 0.230. The number of nitrogens with zero attached hydrogens (tertiary/aromatic N) is 5. The van der Waals surface area contributed by atoms with Gasteiger partial charge in [0.25, 0.3) is 5.91 Å². The summed E-state index contributed by atoms with van der Waals surface area (Å²) in [5, 5.41) is 2.36. The molecule has 1 saturated carbocycles. The van der Waals surface area contributed by atoms with Gasteiger partial charge in [-0.15, -0.1) is 0 Å². The second-order valence-corrected chi connectivity index (χ2v) is 11.5. The van der Waals surface area contributed by atoms with Crippen molar-refractivity contribution in [2.24, 2.45) is 5.92 Å². The number of pyridine rings is 1. The molecule has 2 fully saturated rings. The molecule has 1 aromatic carbocycles. The van der Waals surface area contributed by atoms with Crippen molar-refractivity contribution in [2.45, 2.75) is 56.9 Å². The number of alkyl halides is 6. The summed E-state index contributed by atoms with van der Waals surface area (Å²) >= 11 is 0. The van der Waals surface area contributed by atoms with Gasteiger partial charge in [-0.1, -0.05) is 0 Å². The van der Waals surface area contributed by atoms with Crippen molar-refractivity contribution >= 4 is 29.0 Å². The molecule has 6 rings (SSSR count). The number of hydrogen-bond acceptors (Lipinski definition) is 7. The molecule has 10 nitrogen and oxygen atoms in total. The van der Waals surface area contributed by atoms with Gasteiger partial charge in [-0.3, -0.25) is 14.0 Å². The van der Waals surface area contributed by atoms with Crippen LogP contribution < -0.4 is 15.8 Å². The third-order valence-electron chi connectivity index (χ3n) is 8.27. The maximum atomic E-state index is 14.0. The van der Waals surface area contributed by atoms with Crippen molar-refractivity contribution in [1.82, 2.24) is 24.3 Å². The Balaban J connectivity index is 1.36. The summed E-state index contributed by atoms with van der Waals surface area (Å²) in [7, 11) is 0. The van der Waals surface area contributed by atoms with Crippen molar-refractivity contribution in [2.75, 3.05) is 24.2 Å². The molecule has 1 aliphatic carbocycles. The number of aromatic nitrogens is 4. The van der Waals surface area contributed by atoms with Crippen molar-refractivity contribution in [3.63, 3.8) is 0 Å². The van der Waals surface area contributed by atoms with Gasteiger partial charge in [0.15, 0.2) is 0 Å². The van der Waals surface area contributed by atoms with Gasteiger partial charge in [0.1, 0.15) is 40.5 Å². The van der Waals surface area contributed by atoms with Gasteiger partial charge in [-0.05, 0) is 62.9 Å². The van der Waals surface area contributed by atoms with E-state index >= 15 is 0 Å². The Morgan fingerprint density at radius 3 is 2.47 bits per heavy atom. The minimum Gasteiger partial charge on any atom is -0.493 e. The lowest BCUT2D eigenvalue weighted by Crippen LogP contribution is -2.53. The third kappa shape index (κ3) is 6.40. The van der Waals surface area contributed by atoms with Crippen LogP contribution in [-0.2, 0) is 11.0 Å². The van der Waals surface area contributed by atoms with Gasteiger partial charge in [-0.25, -0.2) is 15.0 Å². The molecule has 4 aromatic rings. The van der Waals surface area contributed by atoms with E-state index in [0.29, 0.717) is 41.5 Å². The molecule has 248 valence electrons. The highest BCUT2D eigenvalue weighted by Gasteiger charge is 2.51. The number of carbonyl (C=O) groups is 2. The fourth-order valence-electron chi connectivity index (χ4n) is 5.89. The molecule has 1 aliphatic heterocycles. The minimum atomic E-state index is -4.63. The number of nitrogen functional groups attached to an aromatic ring is 1. The Kier molecular flexibility index (Phi) is 8.22. The van der Waals surface area contributed by atoms with E-state index in [0.717, 1.165) is 17.2 Å². The first-order valence-electron chi connectivity index (χ1n) is 14.9. The number of piperidine rings is 1. The number of nitrogens with two attached hydrogens (primary N) is 1. The SMILES string of the molecule is CCOc1cc(C(=O)Nc2cc(C(F)(F)F)ccn2)ccc1-c1nc([C@@H]2CC[C@H](C(F)(F)F)N(C(=O)C3CC3)C2)n2ccnc(N)c12. The topological polar surface area (TPSA) is 128 Å². The highest BCUT2D eigenvalue weighted by Crippen LogP contribution is 2.43. The van der Waals surface area contributed by atoms with Crippen LogP contribution in [0.4, 0.5) is 38.0 Å². The molecule has 0 bridgehead atoms. The summed E-state index contributed by atoms with van der Waals surface area (Å²) in [4.78, 5) is 39.8. The van der Waals surface area contributed by atoms with E-state index in [1.807, 2.05) is 0 Å². The second kappa shape index (κ2) is 12.0. The molecule has 2 atom stereocenters. The number of nitrogens with one attached hydrogen (secondary N) is 1. The van der Waals surface area contributed by atoms with Gasteiger partial charge in [0, 0.05) is 48.1 Å². The normalized spacial score (nSPS) is 18.7. The van der Waals surface area contributed by atoms with Gasteiger partial charge in [0.05, 0.1) is 12.2 Å². The van der Waals surface area contributed by atoms with Crippen LogP contribution in [0, 0.1) is 5.92 Å². The zero-order valence-corrected chi connectivity index (χ0v) is 24.9. The molecule has 16 heteroatoms. The molecule has 4 heterocycles. The predicted octanol–water partition coefficient (Wildman–Crippen LogP) is 6.09. The average molecular weight is 662 g/mol. The number of rotatable bonds is 7. The third-order valence-corrected chi connectivity index (χ3v) is 8.27. The van der Waals surface area contributed by atoms with E-state index in [1.165, 1.54) is 24.4 Å². The summed E-state index contributed by atoms with van der Waals surface area (Å²) in [6.45, 7) is 1.70. The minimum absolute atomic E-state index is 0.0472. The predicted molar refractivity (Wildman–Crippen MR) is 157 cm³/mol. The number of halogens is 6. The Bertz CT molecular complexity index is 1840. The summed E-state index contributed by atoms with van der Waals surface area (Å²) in [6.07, 6.45) is -4.29. The first-order valence-corrected chi connectivity index (χ1v) is 14.9. The van der Waals surface area contributed by atoms with E-state index in [4.69, 9.17) is 15.5 Å².